The normalized spacial score (nSPS) is 12.8. The number of carbonyl (C=O) groups is 1. The Bertz CT molecular complexity index is 1160. The summed E-state index contributed by atoms with van der Waals surface area (Å²) in [5.41, 5.74) is 0. The number of aliphatic hydroxyl groups excluding tert-OH is 2. The molecule has 0 aliphatic rings. The first-order valence-corrected chi connectivity index (χ1v) is 35.2. The van der Waals surface area contributed by atoms with Crippen molar-refractivity contribution < 1.29 is 15.0 Å². The molecule has 0 aromatic rings. The third-order valence-corrected chi connectivity index (χ3v) is 16.6. The molecule has 0 aliphatic carbocycles. The topological polar surface area (TPSA) is 69.6 Å². The van der Waals surface area contributed by atoms with Crippen LogP contribution < -0.4 is 5.32 Å². The molecule has 4 heteroatoms. The molecule has 0 aliphatic heterocycles. The van der Waals surface area contributed by atoms with Crippen molar-refractivity contribution in [2.24, 2.45) is 0 Å². The molecule has 0 heterocycles. The third kappa shape index (κ3) is 63.4. The molecule has 0 radical (unpaired) electrons. The second-order valence-corrected chi connectivity index (χ2v) is 24.3. The summed E-state index contributed by atoms with van der Waals surface area (Å²) in [6.07, 6.45) is 93.9. The maximum Gasteiger partial charge on any atom is 0.220 e. The summed E-state index contributed by atoms with van der Waals surface area (Å²) < 4.78 is 0. The van der Waals surface area contributed by atoms with Crippen LogP contribution in [0.15, 0.2) is 36.5 Å². The number of nitrogens with one attached hydrogen (secondary N) is 1. The van der Waals surface area contributed by atoms with Gasteiger partial charge in [0.25, 0.3) is 0 Å². The lowest BCUT2D eigenvalue weighted by molar-refractivity contribution is -0.123. The zero-order valence-corrected chi connectivity index (χ0v) is 52.1. The Labute approximate surface area is 478 Å². The van der Waals surface area contributed by atoms with Crippen molar-refractivity contribution in [2.45, 2.75) is 411 Å². The number of carbonyl (C=O) groups excluding carboxylic acids is 1. The van der Waals surface area contributed by atoms with Gasteiger partial charge in [-0.05, 0) is 44.9 Å². The Morgan fingerprint density at radius 2 is 0.513 bits per heavy atom. The molecule has 0 fully saturated rings. The van der Waals surface area contributed by atoms with Gasteiger partial charge in [-0.3, -0.25) is 4.79 Å². The monoisotopic (exact) mass is 1070 g/mol. The Kier molecular flexibility index (Phi) is 66.6. The fraction of sp³-hybridized carbons (Fsp3) is 0.903. The number of hydrogen-bond acceptors (Lipinski definition) is 3. The van der Waals surface area contributed by atoms with E-state index in [-0.39, 0.29) is 12.5 Å². The van der Waals surface area contributed by atoms with Crippen molar-refractivity contribution in [3.63, 3.8) is 0 Å². The van der Waals surface area contributed by atoms with E-state index < -0.39 is 12.1 Å². The Hall–Kier alpha value is -1.39. The molecule has 2 unspecified atom stereocenters. The molecule has 450 valence electrons. The van der Waals surface area contributed by atoms with Crippen LogP contribution in [0.2, 0.25) is 0 Å². The average Bonchev–Trinajstić information content (AvgIpc) is 3.42. The van der Waals surface area contributed by atoms with Crippen molar-refractivity contribution >= 4 is 5.91 Å². The van der Waals surface area contributed by atoms with E-state index in [4.69, 9.17) is 0 Å². The molecule has 0 rings (SSSR count). The van der Waals surface area contributed by atoms with Crippen LogP contribution in [-0.2, 0) is 4.79 Å². The van der Waals surface area contributed by atoms with Crippen molar-refractivity contribution in [3.8, 4) is 0 Å². The van der Waals surface area contributed by atoms with Crippen molar-refractivity contribution in [1.82, 2.24) is 5.32 Å². The first kappa shape index (κ1) is 74.6. The number of unbranched alkanes of at least 4 members (excludes halogenated alkanes) is 55. The summed E-state index contributed by atoms with van der Waals surface area (Å²) in [5, 5.41) is 23.2. The van der Waals surface area contributed by atoms with Crippen LogP contribution in [0.3, 0.4) is 0 Å². The van der Waals surface area contributed by atoms with Gasteiger partial charge in [-0.1, -0.05) is 384 Å². The van der Waals surface area contributed by atoms with E-state index >= 15 is 0 Å². The van der Waals surface area contributed by atoms with Crippen LogP contribution in [0, 0.1) is 0 Å². The van der Waals surface area contributed by atoms with Crippen LogP contribution in [0.1, 0.15) is 399 Å². The van der Waals surface area contributed by atoms with Crippen LogP contribution >= 0.6 is 0 Å². The van der Waals surface area contributed by atoms with E-state index in [1.807, 2.05) is 6.08 Å². The first-order valence-electron chi connectivity index (χ1n) is 35.2. The maximum absolute atomic E-state index is 12.5. The number of amides is 1. The highest BCUT2D eigenvalue weighted by molar-refractivity contribution is 5.76. The molecule has 0 aromatic heterocycles. The quantitative estimate of drug-likeness (QED) is 0.0420. The molecule has 0 aromatic carbocycles. The van der Waals surface area contributed by atoms with Crippen molar-refractivity contribution in [1.29, 1.82) is 0 Å². The fourth-order valence-corrected chi connectivity index (χ4v) is 11.3. The van der Waals surface area contributed by atoms with Crippen LogP contribution in [0.5, 0.6) is 0 Å². The van der Waals surface area contributed by atoms with Gasteiger partial charge in [0.1, 0.15) is 0 Å². The average molecular weight is 1070 g/mol. The van der Waals surface area contributed by atoms with E-state index in [0.29, 0.717) is 6.42 Å². The van der Waals surface area contributed by atoms with Crippen LogP contribution in [0.4, 0.5) is 0 Å². The highest BCUT2D eigenvalue weighted by Crippen LogP contribution is 2.19. The fourth-order valence-electron chi connectivity index (χ4n) is 11.3. The molecule has 0 saturated heterocycles. The lowest BCUT2D eigenvalue weighted by Gasteiger charge is -2.19. The molecule has 0 saturated carbocycles. The highest BCUT2D eigenvalue weighted by atomic mass is 16.3. The first-order chi connectivity index (χ1) is 37.7. The number of allylic oxidation sites excluding steroid dienone is 5. The minimum Gasteiger partial charge on any atom is -0.394 e. The van der Waals surface area contributed by atoms with Gasteiger partial charge in [-0.15, -0.1) is 0 Å². The largest absolute Gasteiger partial charge is 0.394 e. The molecular formula is C72H139NO3. The van der Waals surface area contributed by atoms with E-state index in [2.05, 4.69) is 43.5 Å². The molecule has 4 nitrogen and oxygen atoms in total. The van der Waals surface area contributed by atoms with E-state index in [9.17, 15) is 15.0 Å². The predicted octanol–water partition coefficient (Wildman–Crippen LogP) is 23.9. The zero-order chi connectivity index (χ0) is 54.8. The van der Waals surface area contributed by atoms with Gasteiger partial charge in [0.2, 0.25) is 5.91 Å². The second-order valence-electron chi connectivity index (χ2n) is 24.3. The molecule has 76 heavy (non-hydrogen) atoms. The van der Waals surface area contributed by atoms with Gasteiger partial charge in [-0.25, -0.2) is 0 Å². The second kappa shape index (κ2) is 67.9. The van der Waals surface area contributed by atoms with E-state index in [1.165, 1.54) is 340 Å². The summed E-state index contributed by atoms with van der Waals surface area (Å²) >= 11 is 0. The van der Waals surface area contributed by atoms with Crippen LogP contribution in [-0.4, -0.2) is 34.9 Å². The SMILES string of the molecule is CCCCCCCCCCCCCCCCCC/C=C/CC/C=C/CC/C=C/C(O)C(CO)NC(=O)CCCCCCCCCCCCCCCCCCCCCCCCCCCCCCCCCCCCCCCC. The molecule has 3 N–H and O–H groups in total. The molecule has 0 spiro atoms. The van der Waals surface area contributed by atoms with Gasteiger partial charge in [0.05, 0.1) is 18.8 Å². The number of rotatable bonds is 66. The Morgan fingerprint density at radius 3 is 0.763 bits per heavy atom. The van der Waals surface area contributed by atoms with Gasteiger partial charge >= 0.3 is 0 Å². The van der Waals surface area contributed by atoms with E-state index in [1.54, 1.807) is 6.08 Å². The summed E-state index contributed by atoms with van der Waals surface area (Å²) in [6.45, 7) is 4.34. The summed E-state index contributed by atoms with van der Waals surface area (Å²) in [4.78, 5) is 12.5. The summed E-state index contributed by atoms with van der Waals surface area (Å²) in [5.74, 6) is -0.0695. The van der Waals surface area contributed by atoms with Gasteiger partial charge < -0.3 is 15.5 Å². The molecule has 2 atom stereocenters. The number of hydrogen-bond donors (Lipinski definition) is 3. The van der Waals surface area contributed by atoms with Gasteiger partial charge in [-0.2, -0.15) is 0 Å². The minimum atomic E-state index is -0.870. The molecular weight excluding hydrogens is 927 g/mol. The zero-order valence-electron chi connectivity index (χ0n) is 52.1. The highest BCUT2D eigenvalue weighted by Gasteiger charge is 2.18. The lowest BCUT2D eigenvalue weighted by atomic mass is 10.0. The standard InChI is InChI=1S/C72H139NO3/c1-3-5-7-9-11-13-15-17-19-21-23-25-27-29-31-32-33-34-35-36-37-38-39-40-41-42-44-46-48-50-52-54-56-58-60-62-64-66-68-72(76)73-70(69-74)71(75)67-65-63-61-59-57-55-53-51-49-47-45-43-30-28-26-24-22-20-18-16-14-12-10-8-6-4-2/h49,51,57,59,65,67,70-71,74-75H,3-48,50,52-56,58,60-64,66,68-69H2,1-2H3,(H,73,76)/b51-49+,59-57+,67-65+. The summed E-state index contributed by atoms with van der Waals surface area (Å²) in [6, 6.07) is -0.645. The molecule has 0 bridgehead atoms. The smallest absolute Gasteiger partial charge is 0.220 e. The van der Waals surface area contributed by atoms with Gasteiger partial charge in [0.15, 0.2) is 0 Å². The maximum atomic E-state index is 12.5. The minimum absolute atomic E-state index is 0.0695. The van der Waals surface area contributed by atoms with Crippen molar-refractivity contribution in [2.75, 3.05) is 6.61 Å². The van der Waals surface area contributed by atoms with E-state index in [0.717, 1.165) is 38.5 Å². The van der Waals surface area contributed by atoms with Crippen molar-refractivity contribution in [3.05, 3.63) is 36.5 Å². The molecule has 1 amide bonds. The van der Waals surface area contributed by atoms with Crippen LogP contribution in [0.25, 0.3) is 0 Å². The lowest BCUT2D eigenvalue weighted by Crippen LogP contribution is -2.45. The number of aliphatic hydroxyl groups is 2. The predicted molar refractivity (Wildman–Crippen MR) is 341 cm³/mol. The summed E-state index contributed by atoms with van der Waals surface area (Å²) in [7, 11) is 0. The van der Waals surface area contributed by atoms with Gasteiger partial charge in [0, 0.05) is 6.42 Å². The Balaban J connectivity index is 3.43. The Morgan fingerprint density at radius 1 is 0.303 bits per heavy atom. The third-order valence-electron chi connectivity index (χ3n) is 16.6.